The van der Waals surface area contributed by atoms with E-state index >= 15 is 0 Å². The van der Waals surface area contributed by atoms with Crippen LogP contribution in [-0.2, 0) is 19.6 Å². The van der Waals surface area contributed by atoms with Gasteiger partial charge in [0.2, 0.25) is 15.9 Å². The third kappa shape index (κ3) is 6.29. The quantitative estimate of drug-likeness (QED) is 0.563. The van der Waals surface area contributed by atoms with E-state index in [2.05, 4.69) is 9.80 Å². The number of likely N-dealkylation sites (N-methyl/N-ethyl adjacent to an activating group) is 1. The standard InChI is InChI=1S/C15H30N4O4S/c1-16-5-8-18(9-6-16)15(20)3-4-19(24(2,21)22)10-7-17-11-13-23-14-12-17/h3-14H2,1-2H3. The Balaban J connectivity index is 1.79. The van der Waals surface area contributed by atoms with Crippen molar-refractivity contribution in [3.8, 4) is 0 Å². The predicted octanol–water partition coefficient (Wildman–Crippen LogP) is -1.26. The van der Waals surface area contributed by atoms with E-state index in [1.54, 1.807) is 0 Å². The molecule has 0 atom stereocenters. The van der Waals surface area contributed by atoms with Crippen LogP contribution in [0.1, 0.15) is 6.42 Å². The van der Waals surface area contributed by atoms with Crippen molar-refractivity contribution in [3.05, 3.63) is 0 Å². The minimum atomic E-state index is -3.30. The average Bonchev–Trinajstić information content (AvgIpc) is 2.55. The lowest BCUT2D eigenvalue weighted by Crippen LogP contribution is -2.48. The fraction of sp³-hybridized carbons (Fsp3) is 0.933. The van der Waals surface area contributed by atoms with E-state index in [0.29, 0.717) is 26.3 Å². The first-order valence-corrected chi connectivity index (χ1v) is 10.4. The largest absolute Gasteiger partial charge is 0.379 e. The molecule has 0 radical (unpaired) electrons. The van der Waals surface area contributed by atoms with Crippen molar-refractivity contribution >= 4 is 15.9 Å². The summed E-state index contributed by atoms with van der Waals surface area (Å²) in [6, 6.07) is 0. The fourth-order valence-electron chi connectivity index (χ4n) is 2.96. The Hall–Kier alpha value is -0.740. The Morgan fingerprint density at radius 1 is 1.04 bits per heavy atom. The molecule has 0 aliphatic carbocycles. The summed E-state index contributed by atoms with van der Waals surface area (Å²) in [5.41, 5.74) is 0. The maximum absolute atomic E-state index is 12.3. The van der Waals surface area contributed by atoms with Crippen molar-refractivity contribution in [2.75, 3.05) is 85.4 Å². The summed E-state index contributed by atoms with van der Waals surface area (Å²) in [6.45, 7) is 7.61. The first-order chi connectivity index (χ1) is 11.4. The lowest BCUT2D eigenvalue weighted by Gasteiger charge is -2.33. The molecule has 9 heteroatoms. The number of rotatable bonds is 7. The Morgan fingerprint density at radius 3 is 2.25 bits per heavy atom. The maximum Gasteiger partial charge on any atom is 0.223 e. The van der Waals surface area contributed by atoms with Crippen molar-refractivity contribution in [3.63, 3.8) is 0 Å². The molecule has 0 aromatic carbocycles. The zero-order chi connectivity index (χ0) is 17.6. The molecule has 2 fully saturated rings. The third-order valence-electron chi connectivity index (χ3n) is 4.67. The fourth-order valence-corrected chi connectivity index (χ4v) is 3.79. The molecule has 0 bridgehead atoms. The number of morpholine rings is 1. The van der Waals surface area contributed by atoms with Crippen molar-refractivity contribution in [2.45, 2.75) is 6.42 Å². The van der Waals surface area contributed by atoms with Gasteiger partial charge in [-0.25, -0.2) is 12.7 Å². The van der Waals surface area contributed by atoms with Gasteiger partial charge in [-0.15, -0.1) is 0 Å². The molecule has 0 N–H and O–H groups in total. The van der Waals surface area contributed by atoms with Crippen molar-refractivity contribution in [1.29, 1.82) is 0 Å². The second-order valence-corrected chi connectivity index (χ2v) is 8.53. The third-order valence-corrected chi connectivity index (χ3v) is 5.97. The van der Waals surface area contributed by atoms with E-state index in [4.69, 9.17) is 4.74 Å². The van der Waals surface area contributed by atoms with Crippen LogP contribution in [0.2, 0.25) is 0 Å². The Labute approximate surface area is 145 Å². The summed E-state index contributed by atoms with van der Waals surface area (Å²) >= 11 is 0. The molecule has 0 aromatic heterocycles. The zero-order valence-corrected chi connectivity index (χ0v) is 15.6. The smallest absolute Gasteiger partial charge is 0.223 e. The minimum Gasteiger partial charge on any atom is -0.379 e. The topological polar surface area (TPSA) is 73.4 Å². The number of carbonyl (C=O) groups excluding carboxylic acids is 1. The molecular formula is C15H30N4O4S. The molecule has 0 saturated carbocycles. The van der Waals surface area contributed by atoms with E-state index in [1.165, 1.54) is 10.6 Å². The van der Waals surface area contributed by atoms with Gasteiger partial charge >= 0.3 is 0 Å². The number of sulfonamides is 1. The number of hydrogen-bond acceptors (Lipinski definition) is 6. The Morgan fingerprint density at radius 2 is 1.67 bits per heavy atom. The van der Waals surface area contributed by atoms with Crippen LogP contribution >= 0.6 is 0 Å². The molecule has 0 unspecified atom stereocenters. The SMILES string of the molecule is CN1CCN(C(=O)CCN(CCN2CCOCC2)S(C)(=O)=O)CC1. The number of amides is 1. The summed E-state index contributed by atoms with van der Waals surface area (Å²) in [7, 11) is -1.26. The van der Waals surface area contributed by atoms with Gasteiger partial charge in [-0.2, -0.15) is 0 Å². The number of ether oxygens (including phenoxy) is 1. The molecule has 0 spiro atoms. The molecular weight excluding hydrogens is 332 g/mol. The van der Waals surface area contributed by atoms with Gasteiger partial charge in [-0.05, 0) is 7.05 Å². The highest BCUT2D eigenvalue weighted by Gasteiger charge is 2.23. The maximum atomic E-state index is 12.3. The highest BCUT2D eigenvalue weighted by Crippen LogP contribution is 2.06. The van der Waals surface area contributed by atoms with Gasteiger partial charge < -0.3 is 14.5 Å². The van der Waals surface area contributed by atoms with Crippen LogP contribution in [0.3, 0.4) is 0 Å². The molecule has 0 aromatic rings. The van der Waals surface area contributed by atoms with Crippen molar-refractivity contribution in [2.24, 2.45) is 0 Å². The molecule has 2 saturated heterocycles. The predicted molar refractivity (Wildman–Crippen MR) is 92.4 cm³/mol. The van der Waals surface area contributed by atoms with E-state index in [1.807, 2.05) is 11.9 Å². The van der Waals surface area contributed by atoms with E-state index in [-0.39, 0.29) is 18.9 Å². The van der Waals surface area contributed by atoms with Gasteiger partial charge in [0.05, 0.1) is 19.5 Å². The van der Waals surface area contributed by atoms with Crippen LogP contribution in [0.5, 0.6) is 0 Å². The number of carbonyl (C=O) groups is 1. The normalized spacial score (nSPS) is 21.4. The first kappa shape index (κ1) is 19.6. The molecule has 2 heterocycles. The van der Waals surface area contributed by atoms with Crippen LogP contribution in [0.15, 0.2) is 0 Å². The summed E-state index contributed by atoms with van der Waals surface area (Å²) in [5.74, 6) is 0.0446. The van der Waals surface area contributed by atoms with E-state index in [0.717, 1.165) is 39.3 Å². The lowest BCUT2D eigenvalue weighted by atomic mass is 10.3. The summed E-state index contributed by atoms with van der Waals surface area (Å²) in [6.07, 6.45) is 1.46. The molecule has 24 heavy (non-hydrogen) atoms. The monoisotopic (exact) mass is 362 g/mol. The lowest BCUT2D eigenvalue weighted by molar-refractivity contribution is -0.132. The van der Waals surface area contributed by atoms with Crippen LogP contribution in [-0.4, -0.2) is 119 Å². The number of nitrogens with zero attached hydrogens (tertiary/aromatic N) is 4. The molecule has 2 rings (SSSR count). The van der Waals surface area contributed by atoms with E-state index < -0.39 is 10.0 Å². The van der Waals surface area contributed by atoms with Gasteiger partial charge in [0, 0.05) is 65.3 Å². The number of piperazine rings is 1. The summed E-state index contributed by atoms with van der Waals surface area (Å²) in [4.78, 5) is 18.5. The molecule has 1 amide bonds. The second kappa shape index (κ2) is 9.10. The van der Waals surface area contributed by atoms with Crippen LogP contribution < -0.4 is 0 Å². The highest BCUT2D eigenvalue weighted by atomic mass is 32.2. The van der Waals surface area contributed by atoms with Gasteiger partial charge in [-0.1, -0.05) is 0 Å². The molecule has 8 nitrogen and oxygen atoms in total. The molecule has 2 aliphatic heterocycles. The molecule has 140 valence electrons. The van der Waals surface area contributed by atoms with Gasteiger partial charge in [0.25, 0.3) is 0 Å². The summed E-state index contributed by atoms with van der Waals surface area (Å²) < 4.78 is 30.7. The van der Waals surface area contributed by atoms with Crippen molar-refractivity contribution < 1.29 is 17.9 Å². The zero-order valence-electron chi connectivity index (χ0n) is 14.8. The summed E-state index contributed by atoms with van der Waals surface area (Å²) in [5, 5.41) is 0. The first-order valence-electron chi connectivity index (χ1n) is 8.58. The minimum absolute atomic E-state index is 0.0446. The van der Waals surface area contributed by atoms with Crippen LogP contribution in [0, 0.1) is 0 Å². The average molecular weight is 362 g/mol. The van der Waals surface area contributed by atoms with Crippen molar-refractivity contribution in [1.82, 2.24) is 19.0 Å². The highest BCUT2D eigenvalue weighted by molar-refractivity contribution is 7.88. The Bertz CT molecular complexity index is 500. The second-order valence-electron chi connectivity index (χ2n) is 6.55. The van der Waals surface area contributed by atoms with E-state index in [9.17, 15) is 13.2 Å². The number of hydrogen-bond donors (Lipinski definition) is 0. The molecule has 2 aliphatic rings. The van der Waals surface area contributed by atoms with Crippen LogP contribution in [0.4, 0.5) is 0 Å². The Kier molecular flexibility index (Phi) is 7.42. The van der Waals surface area contributed by atoms with Gasteiger partial charge in [-0.3, -0.25) is 9.69 Å². The van der Waals surface area contributed by atoms with Gasteiger partial charge in [0.1, 0.15) is 0 Å². The van der Waals surface area contributed by atoms with Crippen LogP contribution in [0.25, 0.3) is 0 Å². The van der Waals surface area contributed by atoms with Gasteiger partial charge in [0.15, 0.2) is 0 Å².